The van der Waals surface area contributed by atoms with Crippen molar-refractivity contribution < 1.29 is 9.18 Å². The van der Waals surface area contributed by atoms with Crippen molar-refractivity contribution in [3.05, 3.63) is 75.5 Å². The second-order valence-corrected chi connectivity index (χ2v) is 7.77. The molecule has 2 aliphatic heterocycles. The number of amides is 1. The van der Waals surface area contributed by atoms with Gasteiger partial charge in [0.25, 0.3) is 0 Å². The lowest BCUT2D eigenvalue weighted by Crippen LogP contribution is -2.47. The fourth-order valence-electron chi connectivity index (χ4n) is 3.41. The summed E-state index contributed by atoms with van der Waals surface area (Å²) in [6, 6.07) is 15.9. The largest absolute Gasteiger partial charge is 0.344 e. The maximum absolute atomic E-state index is 13.6. The summed E-state index contributed by atoms with van der Waals surface area (Å²) in [6.45, 7) is 0.364. The fraction of sp³-hybridized carbons (Fsp3) is 0.200. The van der Waals surface area contributed by atoms with E-state index >= 15 is 0 Å². The number of rotatable bonds is 2. The first-order valence-electron chi connectivity index (χ1n) is 8.40. The van der Waals surface area contributed by atoms with Gasteiger partial charge in [0.2, 0.25) is 5.91 Å². The minimum atomic E-state index is -0.408. The second-order valence-electron chi connectivity index (χ2n) is 6.40. The number of thioether (sulfide) groups is 1. The molecular weight excluding hydrogens is 385 g/mol. The van der Waals surface area contributed by atoms with Crippen molar-refractivity contribution in [3.63, 3.8) is 0 Å². The highest BCUT2D eigenvalue weighted by atomic mass is 35.5. The Morgan fingerprint density at radius 2 is 2.04 bits per heavy atom. The highest BCUT2D eigenvalue weighted by Gasteiger charge is 2.38. The van der Waals surface area contributed by atoms with Crippen molar-refractivity contribution in [2.24, 2.45) is 0 Å². The van der Waals surface area contributed by atoms with E-state index in [1.165, 1.54) is 23.9 Å². The third kappa shape index (κ3) is 3.41. The highest BCUT2D eigenvalue weighted by molar-refractivity contribution is 8.03. The number of halogens is 2. The van der Waals surface area contributed by atoms with Crippen molar-refractivity contribution in [3.8, 4) is 6.07 Å². The Hall–Kier alpha value is -2.49. The van der Waals surface area contributed by atoms with Crippen molar-refractivity contribution in [2.45, 2.75) is 12.3 Å². The van der Waals surface area contributed by atoms with Gasteiger partial charge in [-0.3, -0.25) is 9.69 Å². The maximum Gasteiger partial charge on any atom is 0.229 e. The minimum Gasteiger partial charge on any atom is -0.344 e. The molecule has 0 aromatic heterocycles. The molecule has 0 N–H and O–H groups in total. The average Bonchev–Trinajstić information content (AvgIpc) is 2.67. The average molecular weight is 400 g/mol. The standard InChI is InChI=1S/C20H15ClFN3OS/c21-14-4-2-6-16(8-14)24-11-25-19(26)9-17(13-3-1-5-15(22)7-13)18(10-23)20(25)27-12-24/h1-8,17H,9,11-12H2/t17-/m1/s1. The van der Waals surface area contributed by atoms with E-state index in [4.69, 9.17) is 11.6 Å². The van der Waals surface area contributed by atoms with Crippen LogP contribution in [-0.2, 0) is 4.79 Å². The lowest BCUT2D eigenvalue weighted by molar-refractivity contribution is -0.129. The van der Waals surface area contributed by atoms with E-state index in [0.29, 0.717) is 33.7 Å². The molecule has 0 radical (unpaired) electrons. The number of carbonyl (C=O) groups excluding carboxylic acids is 1. The van der Waals surface area contributed by atoms with Crippen molar-refractivity contribution in [1.29, 1.82) is 5.26 Å². The number of anilines is 1. The Bertz CT molecular complexity index is 987. The van der Waals surface area contributed by atoms with Crippen molar-refractivity contribution >= 4 is 35.0 Å². The molecule has 4 rings (SSSR count). The molecule has 2 aromatic rings. The Labute approximate surface area is 165 Å². The first-order chi connectivity index (χ1) is 13.1. The third-order valence-electron chi connectivity index (χ3n) is 4.72. The summed E-state index contributed by atoms with van der Waals surface area (Å²) in [5.41, 5.74) is 2.11. The molecule has 1 amide bonds. The first kappa shape index (κ1) is 17.9. The van der Waals surface area contributed by atoms with E-state index in [0.717, 1.165) is 5.69 Å². The predicted molar refractivity (Wildman–Crippen MR) is 104 cm³/mol. The van der Waals surface area contributed by atoms with Gasteiger partial charge in [-0.25, -0.2) is 4.39 Å². The molecule has 1 atom stereocenters. The summed E-state index contributed by atoms with van der Waals surface area (Å²) in [5, 5.41) is 11.1. The van der Waals surface area contributed by atoms with Gasteiger partial charge < -0.3 is 4.90 Å². The number of allylic oxidation sites excluding steroid dienone is 1. The normalized spacial score (nSPS) is 19.7. The lowest BCUT2D eigenvalue weighted by Gasteiger charge is -2.42. The van der Waals surface area contributed by atoms with E-state index in [1.54, 1.807) is 23.1 Å². The molecule has 0 bridgehead atoms. The van der Waals surface area contributed by atoms with Crippen molar-refractivity contribution in [2.75, 3.05) is 17.4 Å². The molecule has 7 heteroatoms. The number of fused-ring (bicyclic) bond motifs is 1. The zero-order valence-electron chi connectivity index (χ0n) is 14.2. The topological polar surface area (TPSA) is 47.3 Å². The number of benzene rings is 2. The second kappa shape index (κ2) is 7.26. The van der Waals surface area contributed by atoms with Gasteiger partial charge in [-0.1, -0.05) is 41.6 Å². The van der Waals surface area contributed by atoms with Crippen LogP contribution in [0.1, 0.15) is 17.9 Å². The van der Waals surface area contributed by atoms with Gasteiger partial charge in [-0.2, -0.15) is 5.26 Å². The summed E-state index contributed by atoms with van der Waals surface area (Å²) < 4.78 is 13.6. The number of nitrogens with zero attached hydrogens (tertiary/aromatic N) is 3. The molecule has 0 spiro atoms. The maximum atomic E-state index is 13.6. The van der Waals surface area contributed by atoms with Gasteiger partial charge in [0, 0.05) is 23.0 Å². The summed E-state index contributed by atoms with van der Waals surface area (Å²) >= 11 is 7.52. The molecule has 0 saturated carbocycles. The molecule has 0 aliphatic carbocycles. The zero-order valence-corrected chi connectivity index (χ0v) is 15.8. The van der Waals surface area contributed by atoms with Crippen molar-refractivity contribution in [1.82, 2.24) is 4.90 Å². The van der Waals surface area contributed by atoms with Crippen LogP contribution in [0.4, 0.5) is 10.1 Å². The van der Waals surface area contributed by atoms with Gasteiger partial charge in [0.15, 0.2) is 0 Å². The van der Waals surface area contributed by atoms with Crippen LogP contribution in [0.3, 0.4) is 0 Å². The minimum absolute atomic E-state index is 0.0718. The third-order valence-corrected chi connectivity index (χ3v) is 6.11. The van der Waals surface area contributed by atoms with Gasteiger partial charge >= 0.3 is 0 Å². The Morgan fingerprint density at radius 3 is 2.78 bits per heavy atom. The van der Waals surface area contributed by atoms with Gasteiger partial charge in [-0.15, -0.1) is 0 Å². The SMILES string of the molecule is N#CC1=C2SCN(c3cccc(Cl)c3)CN2C(=O)C[C@@H]1c1cccc(F)c1. The van der Waals surface area contributed by atoms with Crippen LogP contribution in [0.2, 0.25) is 5.02 Å². The van der Waals surface area contributed by atoms with E-state index in [1.807, 2.05) is 23.1 Å². The molecule has 27 heavy (non-hydrogen) atoms. The van der Waals surface area contributed by atoms with E-state index in [-0.39, 0.29) is 18.1 Å². The molecule has 4 nitrogen and oxygen atoms in total. The molecule has 2 aromatic carbocycles. The lowest BCUT2D eigenvalue weighted by atomic mass is 9.86. The number of hydrogen-bond acceptors (Lipinski definition) is 4. The highest BCUT2D eigenvalue weighted by Crippen LogP contribution is 2.43. The Morgan fingerprint density at radius 1 is 1.22 bits per heavy atom. The van der Waals surface area contributed by atoms with Crippen LogP contribution in [0.15, 0.2) is 59.1 Å². The summed E-state index contributed by atoms with van der Waals surface area (Å²) in [4.78, 5) is 16.5. The zero-order chi connectivity index (χ0) is 19.0. The summed E-state index contributed by atoms with van der Waals surface area (Å²) in [6.07, 6.45) is 0.153. The fourth-order valence-corrected chi connectivity index (χ4v) is 4.76. The summed E-state index contributed by atoms with van der Waals surface area (Å²) in [5.74, 6) is -0.249. The molecular formula is C20H15ClFN3OS. The van der Waals surface area contributed by atoms with Crippen LogP contribution in [0.5, 0.6) is 0 Å². The first-order valence-corrected chi connectivity index (χ1v) is 9.76. The molecule has 1 fully saturated rings. The van der Waals surface area contributed by atoms with Crippen LogP contribution in [0, 0.1) is 17.1 Å². The van der Waals surface area contributed by atoms with Crippen LogP contribution < -0.4 is 4.90 Å². The Kier molecular flexibility index (Phi) is 4.81. The molecule has 136 valence electrons. The number of carbonyl (C=O) groups is 1. The van der Waals surface area contributed by atoms with E-state index in [9.17, 15) is 14.4 Å². The van der Waals surface area contributed by atoms with E-state index in [2.05, 4.69) is 6.07 Å². The number of nitriles is 1. The van der Waals surface area contributed by atoms with Crippen LogP contribution >= 0.6 is 23.4 Å². The summed E-state index contributed by atoms with van der Waals surface area (Å²) in [7, 11) is 0. The quantitative estimate of drug-likeness (QED) is 0.734. The van der Waals surface area contributed by atoms with Gasteiger partial charge in [0.05, 0.1) is 29.2 Å². The predicted octanol–water partition coefficient (Wildman–Crippen LogP) is 4.70. The van der Waals surface area contributed by atoms with E-state index < -0.39 is 5.92 Å². The molecule has 2 aliphatic rings. The molecule has 2 heterocycles. The van der Waals surface area contributed by atoms with Gasteiger partial charge in [-0.05, 0) is 35.9 Å². The Balaban J connectivity index is 1.68. The monoisotopic (exact) mass is 399 g/mol. The molecule has 1 saturated heterocycles. The smallest absolute Gasteiger partial charge is 0.229 e. The molecule has 0 unspecified atom stereocenters. The van der Waals surface area contributed by atoms with Crippen LogP contribution in [-0.4, -0.2) is 23.4 Å². The van der Waals surface area contributed by atoms with Crippen LogP contribution in [0.25, 0.3) is 0 Å². The number of hydrogen-bond donors (Lipinski definition) is 0. The van der Waals surface area contributed by atoms with Gasteiger partial charge in [0.1, 0.15) is 5.82 Å².